The fraction of sp³-hybridized carbons (Fsp3) is 0.421. The van der Waals surface area contributed by atoms with Crippen molar-refractivity contribution in [2.45, 2.75) is 38.0 Å². The van der Waals surface area contributed by atoms with Crippen molar-refractivity contribution >= 4 is 22.7 Å². The molecule has 0 amide bonds. The van der Waals surface area contributed by atoms with E-state index in [1.165, 1.54) is 6.42 Å². The minimum Gasteiger partial charge on any atom is -0.387 e. The number of aliphatic hydroxyl groups excluding tert-OH is 1. The van der Waals surface area contributed by atoms with Crippen LogP contribution in [0.5, 0.6) is 0 Å². The van der Waals surface area contributed by atoms with Gasteiger partial charge in [0.15, 0.2) is 0 Å². The molecule has 0 saturated heterocycles. The van der Waals surface area contributed by atoms with Gasteiger partial charge in [0.2, 0.25) is 0 Å². The lowest BCUT2D eigenvalue weighted by atomic mass is 10.0. The lowest BCUT2D eigenvalue weighted by Crippen LogP contribution is -2.24. The molecule has 4 heteroatoms. The molecule has 3 nitrogen and oxygen atoms in total. The summed E-state index contributed by atoms with van der Waals surface area (Å²) < 4.78 is 0. The van der Waals surface area contributed by atoms with Crippen molar-refractivity contribution in [1.29, 1.82) is 0 Å². The number of rotatable bonds is 6. The molecule has 1 aromatic carbocycles. The number of hydrogen-bond donors (Lipinski definition) is 2. The molecule has 2 heterocycles. The SMILES string of the molecule is Cc1cc(C(O)CNCCC2CC=CS2)c2cccc(C)c2n1. The van der Waals surface area contributed by atoms with E-state index >= 15 is 0 Å². The van der Waals surface area contributed by atoms with Gasteiger partial charge in [-0.15, -0.1) is 11.8 Å². The number of allylic oxidation sites excluding steroid dienone is 1. The van der Waals surface area contributed by atoms with Crippen molar-refractivity contribution in [3.8, 4) is 0 Å². The van der Waals surface area contributed by atoms with Crippen LogP contribution in [0, 0.1) is 13.8 Å². The van der Waals surface area contributed by atoms with Crippen LogP contribution in [0.15, 0.2) is 35.7 Å². The molecule has 122 valence electrons. The highest BCUT2D eigenvalue weighted by atomic mass is 32.2. The molecule has 0 fully saturated rings. The first-order chi connectivity index (χ1) is 11.1. The Morgan fingerprint density at radius 3 is 3.04 bits per heavy atom. The van der Waals surface area contributed by atoms with E-state index in [0.29, 0.717) is 11.8 Å². The van der Waals surface area contributed by atoms with Gasteiger partial charge in [0, 0.05) is 22.9 Å². The smallest absolute Gasteiger partial charge is 0.0921 e. The highest BCUT2D eigenvalue weighted by Crippen LogP contribution is 2.27. The summed E-state index contributed by atoms with van der Waals surface area (Å²) in [5.74, 6) is 0. The van der Waals surface area contributed by atoms with Gasteiger partial charge < -0.3 is 10.4 Å². The maximum absolute atomic E-state index is 10.6. The number of fused-ring (bicyclic) bond motifs is 1. The van der Waals surface area contributed by atoms with Gasteiger partial charge in [0.05, 0.1) is 11.6 Å². The molecule has 1 aliphatic heterocycles. The van der Waals surface area contributed by atoms with Crippen LogP contribution in [0.25, 0.3) is 10.9 Å². The first-order valence-corrected chi connectivity index (χ1v) is 9.15. The van der Waals surface area contributed by atoms with Crippen LogP contribution in [-0.2, 0) is 0 Å². The van der Waals surface area contributed by atoms with Crippen LogP contribution < -0.4 is 5.32 Å². The number of aryl methyl sites for hydroxylation is 2. The largest absolute Gasteiger partial charge is 0.387 e. The summed E-state index contributed by atoms with van der Waals surface area (Å²) in [7, 11) is 0. The van der Waals surface area contributed by atoms with Gasteiger partial charge in [-0.2, -0.15) is 0 Å². The van der Waals surface area contributed by atoms with Crippen molar-refractivity contribution in [3.05, 3.63) is 52.6 Å². The number of pyridine rings is 1. The van der Waals surface area contributed by atoms with E-state index in [1.54, 1.807) is 0 Å². The van der Waals surface area contributed by atoms with E-state index in [9.17, 15) is 5.11 Å². The number of nitrogens with zero attached hydrogens (tertiary/aromatic N) is 1. The maximum atomic E-state index is 10.6. The molecule has 1 aromatic heterocycles. The molecule has 0 radical (unpaired) electrons. The second-order valence-corrected chi connectivity index (χ2v) is 7.41. The molecule has 0 aliphatic carbocycles. The zero-order valence-corrected chi connectivity index (χ0v) is 14.6. The van der Waals surface area contributed by atoms with Crippen molar-refractivity contribution in [1.82, 2.24) is 10.3 Å². The third kappa shape index (κ3) is 3.94. The highest BCUT2D eigenvalue weighted by molar-refractivity contribution is 8.03. The summed E-state index contributed by atoms with van der Waals surface area (Å²) in [6, 6.07) is 8.15. The van der Waals surface area contributed by atoms with Crippen molar-refractivity contribution in [2.24, 2.45) is 0 Å². The quantitative estimate of drug-likeness (QED) is 0.790. The normalized spacial score (nSPS) is 18.7. The summed E-state index contributed by atoms with van der Waals surface area (Å²) in [4.78, 5) is 4.63. The predicted octanol–water partition coefficient (Wildman–Crippen LogP) is 3.88. The first kappa shape index (κ1) is 16.5. The fourth-order valence-corrected chi connectivity index (χ4v) is 3.98. The van der Waals surface area contributed by atoms with E-state index < -0.39 is 6.10 Å². The number of benzene rings is 1. The molecule has 3 rings (SSSR count). The highest BCUT2D eigenvalue weighted by Gasteiger charge is 2.14. The minimum atomic E-state index is -0.504. The monoisotopic (exact) mass is 328 g/mol. The zero-order chi connectivity index (χ0) is 16.2. The molecule has 0 spiro atoms. The van der Waals surface area contributed by atoms with Gasteiger partial charge in [-0.25, -0.2) is 0 Å². The van der Waals surface area contributed by atoms with Crippen LogP contribution in [0.4, 0.5) is 0 Å². The standard InChI is InChI=1S/C19H24N2OS/c1-13-5-3-7-16-17(11-14(2)21-19(13)16)18(22)12-20-9-8-15-6-4-10-23-15/h3-5,7,10-11,15,18,20,22H,6,8-9,12H2,1-2H3. The van der Waals surface area contributed by atoms with Crippen LogP contribution in [-0.4, -0.2) is 28.4 Å². The molecule has 23 heavy (non-hydrogen) atoms. The average molecular weight is 328 g/mol. The van der Waals surface area contributed by atoms with Crippen LogP contribution in [0.2, 0.25) is 0 Å². The van der Waals surface area contributed by atoms with Gasteiger partial charge in [-0.3, -0.25) is 4.98 Å². The molecular weight excluding hydrogens is 304 g/mol. The van der Waals surface area contributed by atoms with Crippen LogP contribution >= 0.6 is 11.8 Å². The summed E-state index contributed by atoms with van der Waals surface area (Å²) >= 11 is 1.91. The molecule has 2 aromatic rings. The van der Waals surface area contributed by atoms with Crippen molar-refractivity contribution in [3.63, 3.8) is 0 Å². The number of aromatic nitrogens is 1. The average Bonchev–Trinajstić information content (AvgIpc) is 3.05. The van der Waals surface area contributed by atoms with Gasteiger partial charge in [0.1, 0.15) is 0 Å². The number of thioether (sulfide) groups is 1. The van der Waals surface area contributed by atoms with E-state index in [-0.39, 0.29) is 0 Å². The molecule has 2 atom stereocenters. The zero-order valence-electron chi connectivity index (χ0n) is 13.7. The number of aliphatic hydroxyl groups is 1. The number of nitrogens with one attached hydrogen (secondary N) is 1. The predicted molar refractivity (Wildman–Crippen MR) is 98.8 cm³/mol. The summed E-state index contributed by atoms with van der Waals surface area (Å²) in [6.07, 6.45) is 4.04. The molecule has 0 bridgehead atoms. The van der Waals surface area contributed by atoms with Crippen LogP contribution in [0.3, 0.4) is 0 Å². The van der Waals surface area contributed by atoms with E-state index in [0.717, 1.165) is 40.7 Å². The Bertz CT molecular complexity index is 706. The van der Waals surface area contributed by atoms with E-state index in [4.69, 9.17) is 0 Å². The second kappa shape index (κ2) is 7.47. The van der Waals surface area contributed by atoms with Crippen LogP contribution in [0.1, 0.15) is 35.8 Å². The van der Waals surface area contributed by atoms with E-state index in [2.05, 4.69) is 34.8 Å². The molecule has 2 unspecified atom stereocenters. The number of hydrogen-bond acceptors (Lipinski definition) is 4. The van der Waals surface area contributed by atoms with Gasteiger partial charge in [-0.05, 0) is 55.8 Å². The third-order valence-electron chi connectivity index (χ3n) is 4.31. The second-order valence-electron chi connectivity index (χ2n) is 6.20. The number of para-hydroxylation sites is 1. The first-order valence-electron chi connectivity index (χ1n) is 8.21. The Morgan fingerprint density at radius 2 is 2.26 bits per heavy atom. The van der Waals surface area contributed by atoms with E-state index in [1.807, 2.05) is 36.9 Å². The minimum absolute atomic E-state index is 0.504. The molecule has 2 N–H and O–H groups in total. The van der Waals surface area contributed by atoms with Gasteiger partial charge >= 0.3 is 0 Å². The lowest BCUT2D eigenvalue weighted by Gasteiger charge is -2.17. The van der Waals surface area contributed by atoms with Gasteiger partial charge in [0.25, 0.3) is 0 Å². The topological polar surface area (TPSA) is 45.1 Å². The summed E-state index contributed by atoms with van der Waals surface area (Å²) in [6.45, 7) is 5.57. The Balaban J connectivity index is 1.65. The van der Waals surface area contributed by atoms with Crippen molar-refractivity contribution in [2.75, 3.05) is 13.1 Å². The van der Waals surface area contributed by atoms with Gasteiger partial charge in [-0.1, -0.05) is 24.3 Å². The van der Waals surface area contributed by atoms with Crippen molar-refractivity contribution < 1.29 is 5.11 Å². The summed E-state index contributed by atoms with van der Waals surface area (Å²) in [5, 5.41) is 18.0. The Hall–Kier alpha value is -1.36. The Kier molecular flexibility index (Phi) is 5.36. The Labute approximate surface area is 142 Å². The third-order valence-corrected chi connectivity index (χ3v) is 5.47. The maximum Gasteiger partial charge on any atom is 0.0921 e. The summed E-state index contributed by atoms with van der Waals surface area (Å²) in [5.41, 5.74) is 4.07. The molecule has 0 saturated carbocycles. The molecule has 1 aliphatic rings. The fourth-order valence-electron chi connectivity index (χ4n) is 3.05. The lowest BCUT2D eigenvalue weighted by molar-refractivity contribution is 0.176. The molecular formula is C19H24N2OS. The Morgan fingerprint density at radius 1 is 1.39 bits per heavy atom.